The number of carbonyl (C=O) groups excluding carboxylic acids is 1. The number of halogens is 5. The molecule has 0 atom stereocenters. The second kappa shape index (κ2) is 11.0. The largest absolute Gasteiger partial charge is 0.416 e. The highest BCUT2D eigenvalue weighted by Gasteiger charge is 2.46. The number of likely N-dealkylation sites (tertiary alicyclic amines) is 1. The number of anilines is 1. The predicted octanol–water partition coefficient (Wildman–Crippen LogP) is 6.67. The molecule has 2 aliphatic heterocycles. The lowest BCUT2D eigenvalue weighted by atomic mass is 9.74. The minimum absolute atomic E-state index is 0.184. The van der Waals surface area contributed by atoms with E-state index in [0.717, 1.165) is 49.3 Å². The molecule has 204 valence electrons. The van der Waals surface area contributed by atoms with E-state index >= 15 is 0 Å². The van der Waals surface area contributed by atoms with Crippen molar-refractivity contribution in [3.8, 4) is 0 Å². The molecule has 1 fully saturated rings. The van der Waals surface area contributed by atoms with E-state index in [1.807, 2.05) is 24.3 Å². The molecule has 0 unspecified atom stereocenters. The van der Waals surface area contributed by atoms with Crippen LogP contribution in [0.25, 0.3) is 6.08 Å². The van der Waals surface area contributed by atoms with Gasteiger partial charge in [0.15, 0.2) is 0 Å². The lowest BCUT2D eigenvalue weighted by Gasteiger charge is -2.39. The number of urea groups is 1. The van der Waals surface area contributed by atoms with Crippen LogP contribution < -0.4 is 10.2 Å². The van der Waals surface area contributed by atoms with Crippen LogP contribution in [0.1, 0.15) is 35.1 Å². The number of rotatable bonds is 5. The molecule has 0 bridgehead atoms. The number of benzene rings is 2. The van der Waals surface area contributed by atoms with Crippen molar-refractivity contribution in [1.29, 1.82) is 0 Å². The van der Waals surface area contributed by atoms with E-state index in [0.29, 0.717) is 29.2 Å². The van der Waals surface area contributed by atoms with Gasteiger partial charge in [-0.05, 0) is 85.1 Å². The molecule has 2 aromatic carbocycles. The first-order chi connectivity index (χ1) is 18.6. The number of hydrogen-bond acceptors (Lipinski definition) is 3. The summed E-state index contributed by atoms with van der Waals surface area (Å²) in [6.45, 7) is 2.98. The fraction of sp³-hybridized carbons (Fsp3) is 0.310. The Morgan fingerprint density at radius 2 is 1.82 bits per heavy atom. The first-order valence-corrected chi connectivity index (χ1v) is 13.0. The van der Waals surface area contributed by atoms with Gasteiger partial charge in [-0.25, -0.2) is 9.78 Å². The van der Waals surface area contributed by atoms with E-state index in [9.17, 15) is 22.4 Å². The second-order valence-corrected chi connectivity index (χ2v) is 10.4. The molecule has 1 aromatic heterocycles. The van der Waals surface area contributed by atoms with Gasteiger partial charge in [0.1, 0.15) is 0 Å². The van der Waals surface area contributed by atoms with Gasteiger partial charge >= 0.3 is 12.2 Å². The van der Waals surface area contributed by atoms with Crippen LogP contribution in [0.3, 0.4) is 0 Å². The van der Waals surface area contributed by atoms with Crippen LogP contribution in [0.15, 0.2) is 66.9 Å². The Balaban J connectivity index is 1.22. The number of fused-ring (bicyclic) bond motifs is 2. The Kier molecular flexibility index (Phi) is 7.64. The Bertz CT molecular complexity index is 1370. The van der Waals surface area contributed by atoms with Crippen LogP contribution in [0.4, 0.5) is 28.0 Å². The molecule has 39 heavy (non-hydrogen) atoms. The zero-order valence-corrected chi connectivity index (χ0v) is 21.8. The summed E-state index contributed by atoms with van der Waals surface area (Å²) in [5.74, 6) is -0.595. The van der Waals surface area contributed by atoms with Crippen molar-refractivity contribution >= 4 is 29.4 Å². The maximum atomic E-state index is 13.4. The van der Waals surface area contributed by atoms with Crippen LogP contribution in [0.2, 0.25) is 5.02 Å². The van der Waals surface area contributed by atoms with Crippen molar-refractivity contribution in [2.24, 2.45) is 0 Å². The van der Waals surface area contributed by atoms with Crippen molar-refractivity contribution in [3.05, 3.63) is 100 Å². The summed E-state index contributed by atoms with van der Waals surface area (Å²) in [6, 6.07) is 13.4. The number of alkyl halides is 3. The Morgan fingerprint density at radius 1 is 1.08 bits per heavy atom. The van der Waals surface area contributed by atoms with E-state index in [-0.39, 0.29) is 18.0 Å². The molecular formula is C29H27ClF4N4O. The number of pyridine rings is 1. The normalized spacial score (nSPS) is 17.1. The molecule has 3 heterocycles. The van der Waals surface area contributed by atoms with E-state index in [1.54, 1.807) is 17.0 Å². The van der Waals surface area contributed by atoms with Gasteiger partial charge in [-0.3, -0.25) is 9.80 Å². The highest BCUT2D eigenvalue weighted by molar-refractivity contribution is 6.30. The predicted molar refractivity (Wildman–Crippen MR) is 143 cm³/mol. The summed E-state index contributed by atoms with van der Waals surface area (Å²) in [7, 11) is 0. The lowest BCUT2D eigenvalue weighted by molar-refractivity contribution is -0.137. The molecule has 1 saturated heterocycles. The van der Waals surface area contributed by atoms with Gasteiger partial charge < -0.3 is 5.32 Å². The number of nitrogens with zero attached hydrogens (tertiary/aromatic N) is 3. The maximum Gasteiger partial charge on any atom is 0.416 e. The number of hydrogen-bond donors (Lipinski definition) is 1. The van der Waals surface area contributed by atoms with Gasteiger partial charge in [-0.2, -0.15) is 17.6 Å². The zero-order chi connectivity index (χ0) is 27.6. The highest BCUT2D eigenvalue weighted by atomic mass is 35.5. The molecule has 10 heteroatoms. The molecular weight excluding hydrogens is 532 g/mol. The minimum Gasteiger partial charge on any atom is -0.334 e. The van der Waals surface area contributed by atoms with Crippen molar-refractivity contribution in [1.82, 2.24) is 15.2 Å². The first kappa shape index (κ1) is 27.1. The smallest absolute Gasteiger partial charge is 0.334 e. The molecule has 2 aliphatic rings. The minimum atomic E-state index is -4.34. The Hall–Kier alpha value is -3.43. The fourth-order valence-electron chi connectivity index (χ4n) is 5.36. The number of carbonyl (C=O) groups is 1. The van der Waals surface area contributed by atoms with Gasteiger partial charge in [-0.15, -0.1) is 0 Å². The lowest BCUT2D eigenvalue weighted by Crippen LogP contribution is -2.47. The Labute approximate surface area is 229 Å². The van der Waals surface area contributed by atoms with Gasteiger partial charge in [0.2, 0.25) is 5.95 Å². The fourth-order valence-corrected chi connectivity index (χ4v) is 5.53. The summed E-state index contributed by atoms with van der Waals surface area (Å²) in [4.78, 5) is 20.8. The molecule has 5 nitrogen and oxygen atoms in total. The Morgan fingerprint density at radius 3 is 2.51 bits per heavy atom. The van der Waals surface area contributed by atoms with Gasteiger partial charge in [0.25, 0.3) is 0 Å². The molecule has 0 saturated carbocycles. The topological polar surface area (TPSA) is 48.5 Å². The third-order valence-corrected chi connectivity index (χ3v) is 7.72. The number of nitrogens with one attached hydrogen (secondary N) is 1. The summed E-state index contributed by atoms with van der Waals surface area (Å²) in [6.07, 6.45) is 2.47. The molecule has 1 N–H and O–H groups in total. The highest BCUT2D eigenvalue weighted by Crippen LogP contribution is 2.48. The molecule has 2 amide bonds. The third-order valence-electron chi connectivity index (χ3n) is 7.49. The molecule has 0 radical (unpaired) electrons. The van der Waals surface area contributed by atoms with Crippen LogP contribution in [0.5, 0.6) is 0 Å². The molecule has 3 aromatic rings. The van der Waals surface area contributed by atoms with Crippen LogP contribution in [0, 0.1) is 5.95 Å². The average molecular weight is 559 g/mol. The molecule has 1 spiro atoms. The summed E-state index contributed by atoms with van der Waals surface area (Å²) >= 11 is 6.36. The number of aromatic nitrogens is 1. The van der Waals surface area contributed by atoms with Crippen LogP contribution in [-0.2, 0) is 18.1 Å². The van der Waals surface area contributed by atoms with E-state index in [2.05, 4.69) is 15.2 Å². The quantitative estimate of drug-likeness (QED) is 0.281. The molecule has 5 rings (SSSR count). The zero-order valence-electron chi connectivity index (χ0n) is 21.0. The first-order valence-electron chi connectivity index (χ1n) is 12.6. The van der Waals surface area contributed by atoms with Crippen LogP contribution >= 0.6 is 11.6 Å². The molecule has 0 aliphatic carbocycles. The van der Waals surface area contributed by atoms with E-state index < -0.39 is 17.7 Å². The average Bonchev–Trinajstić information content (AvgIpc) is 3.21. The SMILES string of the molecule is O=C(NCc1ccnc(F)c1)N1CC2(CCN(CC=Cc3ccc(C(F)(F)F)cc3)CC2)c2cc(Cl)ccc21. The van der Waals surface area contributed by atoms with Crippen LogP contribution in [-0.4, -0.2) is 42.1 Å². The standard InChI is InChI=1S/C29H27ClF4N4O/c30-23-7-8-25-24(17-23)28(19-38(25)27(39)36-18-21-9-12-35-26(31)16-21)10-14-37(15-11-28)13-1-2-20-3-5-22(6-4-20)29(32,33)34/h1-9,12,16-17H,10-11,13-15,18-19H2,(H,36,39). The van der Waals surface area contributed by atoms with Gasteiger partial charge in [-0.1, -0.05) is 35.9 Å². The summed E-state index contributed by atoms with van der Waals surface area (Å²) in [5, 5.41) is 3.50. The van der Waals surface area contributed by atoms with Crippen molar-refractivity contribution in [3.63, 3.8) is 0 Å². The monoisotopic (exact) mass is 558 g/mol. The van der Waals surface area contributed by atoms with Gasteiger partial charge in [0, 0.05) is 42.0 Å². The summed E-state index contributed by atoms with van der Waals surface area (Å²) < 4.78 is 51.7. The number of piperidine rings is 1. The maximum absolute atomic E-state index is 13.4. The van der Waals surface area contributed by atoms with E-state index in [1.165, 1.54) is 24.4 Å². The van der Waals surface area contributed by atoms with E-state index in [4.69, 9.17) is 11.6 Å². The van der Waals surface area contributed by atoms with Crippen molar-refractivity contribution in [2.45, 2.75) is 31.0 Å². The number of amides is 2. The van der Waals surface area contributed by atoms with Crippen molar-refractivity contribution in [2.75, 3.05) is 31.1 Å². The summed E-state index contributed by atoms with van der Waals surface area (Å²) in [5.41, 5.74) is 2.33. The van der Waals surface area contributed by atoms with Gasteiger partial charge in [0.05, 0.1) is 5.56 Å². The third kappa shape index (κ3) is 6.09. The van der Waals surface area contributed by atoms with Crippen molar-refractivity contribution < 1.29 is 22.4 Å². The second-order valence-electron chi connectivity index (χ2n) is 10.00.